The number of aryl methyl sites for hydroxylation is 4. The molecule has 1 aromatic carbocycles. The fraction of sp³-hybridized carbons (Fsp3) is 0.286. The van der Waals surface area contributed by atoms with Crippen LogP contribution in [0.5, 0.6) is 0 Å². The normalized spacial score (nSPS) is 11.3. The number of rotatable bonds is 3. The zero-order valence-electron chi connectivity index (χ0n) is 11.1. The van der Waals surface area contributed by atoms with Gasteiger partial charge in [0.05, 0.1) is 16.0 Å². The standard InChI is InChI=1S/C14H16N4S/c1-9-3-4-12-11(7-9)17-14(15)18(12)6-5-13-16-10(2)8-19-13/h3-4,7-8H,5-6H2,1-2H3,(H2,15,17). The van der Waals surface area contributed by atoms with E-state index >= 15 is 0 Å². The third kappa shape index (κ3) is 2.33. The van der Waals surface area contributed by atoms with Gasteiger partial charge in [-0.25, -0.2) is 9.97 Å². The first-order chi connectivity index (χ1) is 9.13. The van der Waals surface area contributed by atoms with Crippen LogP contribution in [0.3, 0.4) is 0 Å². The summed E-state index contributed by atoms with van der Waals surface area (Å²) >= 11 is 1.70. The number of fused-ring (bicyclic) bond motifs is 1. The Morgan fingerprint density at radius 3 is 2.84 bits per heavy atom. The fourth-order valence-electron chi connectivity index (χ4n) is 2.22. The fourth-order valence-corrected chi connectivity index (χ4v) is 2.98. The van der Waals surface area contributed by atoms with Crippen molar-refractivity contribution in [3.63, 3.8) is 0 Å². The van der Waals surface area contributed by atoms with Gasteiger partial charge in [0.25, 0.3) is 0 Å². The number of aromatic nitrogens is 3. The Morgan fingerprint density at radius 2 is 2.11 bits per heavy atom. The van der Waals surface area contributed by atoms with Crippen molar-refractivity contribution in [1.82, 2.24) is 14.5 Å². The Balaban J connectivity index is 1.90. The summed E-state index contributed by atoms with van der Waals surface area (Å²) in [4.78, 5) is 8.89. The van der Waals surface area contributed by atoms with E-state index in [1.165, 1.54) is 5.56 Å². The molecule has 5 heteroatoms. The summed E-state index contributed by atoms with van der Waals surface area (Å²) in [5, 5.41) is 3.22. The second-order valence-corrected chi connectivity index (χ2v) is 5.69. The highest BCUT2D eigenvalue weighted by molar-refractivity contribution is 7.09. The molecule has 0 saturated carbocycles. The van der Waals surface area contributed by atoms with Crippen molar-refractivity contribution in [3.05, 3.63) is 39.8 Å². The highest BCUT2D eigenvalue weighted by Crippen LogP contribution is 2.20. The van der Waals surface area contributed by atoms with Crippen LogP contribution in [0.1, 0.15) is 16.3 Å². The lowest BCUT2D eigenvalue weighted by atomic mass is 10.2. The summed E-state index contributed by atoms with van der Waals surface area (Å²) in [7, 11) is 0. The predicted molar refractivity (Wildman–Crippen MR) is 79.4 cm³/mol. The molecule has 0 saturated heterocycles. The van der Waals surface area contributed by atoms with Gasteiger partial charge in [-0.2, -0.15) is 0 Å². The van der Waals surface area contributed by atoms with Gasteiger partial charge in [0.15, 0.2) is 0 Å². The number of hydrogen-bond acceptors (Lipinski definition) is 4. The molecule has 2 heterocycles. The second kappa shape index (κ2) is 4.66. The van der Waals surface area contributed by atoms with Gasteiger partial charge in [-0.05, 0) is 31.5 Å². The SMILES string of the molecule is Cc1ccc2c(c1)nc(N)n2CCc1nc(C)cs1. The maximum atomic E-state index is 6.01. The highest BCUT2D eigenvalue weighted by atomic mass is 32.1. The number of nitrogens with two attached hydrogens (primary N) is 1. The molecule has 98 valence electrons. The summed E-state index contributed by atoms with van der Waals surface area (Å²) in [6, 6.07) is 6.24. The molecule has 0 aliphatic heterocycles. The van der Waals surface area contributed by atoms with Gasteiger partial charge < -0.3 is 10.3 Å². The first-order valence-electron chi connectivity index (χ1n) is 6.27. The third-order valence-electron chi connectivity index (χ3n) is 3.15. The van der Waals surface area contributed by atoms with E-state index in [4.69, 9.17) is 5.73 Å². The highest BCUT2D eigenvalue weighted by Gasteiger charge is 2.09. The molecule has 0 atom stereocenters. The molecule has 3 rings (SSSR count). The van der Waals surface area contributed by atoms with Crippen molar-refractivity contribution in [2.24, 2.45) is 0 Å². The van der Waals surface area contributed by atoms with Gasteiger partial charge in [-0.1, -0.05) is 6.07 Å². The van der Waals surface area contributed by atoms with E-state index < -0.39 is 0 Å². The lowest BCUT2D eigenvalue weighted by molar-refractivity contribution is 0.721. The minimum Gasteiger partial charge on any atom is -0.369 e. The molecule has 0 aliphatic carbocycles. The summed E-state index contributed by atoms with van der Waals surface area (Å²) in [6.07, 6.45) is 0.891. The molecule has 0 bridgehead atoms. The Hall–Kier alpha value is -1.88. The van der Waals surface area contributed by atoms with Crippen LogP contribution in [-0.2, 0) is 13.0 Å². The molecular formula is C14H16N4S. The largest absolute Gasteiger partial charge is 0.369 e. The van der Waals surface area contributed by atoms with Gasteiger partial charge in [-0.3, -0.25) is 0 Å². The van der Waals surface area contributed by atoms with E-state index in [-0.39, 0.29) is 0 Å². The average molecular weight is 272 g/mol. The molecule has 0 amide bonds. The zero-order valence-corrected chi connectivity index (χ0v) is 11.9. The predicted octanol–water partition coefficient (Wildman–Crippen LogP) is 2.93. The molecule has 19 heavy (non-hydrogen) atoms. The van der Waals surface area contributed by atoms with Crippen LogP contribution in [0.2, 0.25) is 0 Å². The van der Waals surface area contributed by atoms with Crippen LogP contribution in [0.25, 0.3) is 11.0 Å². The summed E-state index contributed by atoms with van der Waals surface area (Å²) in [5.74, 6) is 0.578. The Kier molecular flexibility index (Phi) is 2.98. The Bertz CT molecular complexity index is 726. The van der Waals surface area contributed by atoms with E-state index in [0.29, 0.717) is 5.95 Å². The average Bonchev–Trinajstić information content (AvgIpc) is 2.89. The van der Waals surface area contributed by atoms with Gasteiger partial charge >= 0.3 is 0 Å². The number of thiazole rings is 1. The van der Waals surface area contributed by atoms with Gasteiger partial charge in [0.1, 0.15) is 0 Å². The molecule has 2 N–H and O–H groups in total. The van der Waals surface area contributed by atoms with E-state index in [1.54, 1.807) is 11.3 Å². The van der Waals surface area contributed by atoms with Gasteiger partial charge in [-0.15, -0.1) is 11.3 Å². The first kappa shape index (κ1) is 12.2. The molecule has 2 aromatic heterocycles. The Morgan fingerprint density at radius 1 is 1.26 bits per heavy atom. The van der Waals surface area contributed by atoms with Crippen molar-refractivity contribution in [3.8, 4) is 0 Å². The lowest BCUT2D eigenvalue weighted by Gasteiger charge is -2.04. The van der Waals surface area contributed by atoms with Crippen LogP contribution >= 0.6 is 11.3 Å². The molecule has 0 radical (unpaired) electrons. The molecule has 4 nitrogen and oxygen atoms in total. The van der Waals surface area contributed by atoms with E-state index in [2.05, 4.69) is 45.0 Å². The Labute approximate surface area is 115 Å². The van der Waals surface area contributed by atoms with Crippen LogP contribution < -0.4 is 5.73 Å². The molecule has 0 fully saturated rings. The smallest absolute Gasteiger partial charge is 0.201 e. The van der Waals surface area contributed by atoms with Crippen LogP contribution in [0.15, 0.2) is 23.6 Å². The lowest BCUT2D eigenvalue weighted by Crippen LogP contribution is -2.05. The summed E-state index contributed by atoms with van der Waals surface area (Å²) in [6.45, 7) is 4.90. The van der Waals surface area contributed by atoms with E-state index in [0.717, 1.165) is 34.7 Å². The van der Waals surface area contributed by atoms with Crippen LogP contribution in [0.4, 0.5) is 5.95 Å². The minimum absolute atomic E-state index is 0.578. The monoisotopic (exact) mass is 272 g/mol. The molecular weight excluding hydrogens is 256 g/mol. The van der Waals surface area contributed by atoms with Gasteiger partial charge in [0.2, 0.25) is 5.95 Å². The second-order valence-electron chi connectivity index (χ2n) is 4.75. The summed E-state index contributed by atoms with van der Waals surface area (Å²) in [5.41, 5.74) is 10.4. The molecule has 0 spiro atoms. The maximum absolute atomic E-state index is 6.01. The number of nitrogens with zero attached hydrogens (tertiary/aromatic N) is 3. The number of benzene rings is 1. The minimum atomic E-state index is 0.578. The van der Waals surface area contributed by atoms with Crippen LogP contribution in [0, 0.1) is 13.8 Å². The molecule has 3 aromatic rings. The quantitative estimate of drug-likeness (QED) is 0.797. The van der Waals surface area contributed by atoms with Gasteiger partial charge in [0, 0.05) is 24.0 Å². The van der Waals surface area contributed by atoms with E-state index in [9.17, 15) is 0 Å². The first-order valence-corrected chi connectivity index (χ1v) is 7.15. The number of hydrogen-bond donors (Lipinski definition) is 1. The number of anilines is 1. The van der Waals surface area contributed by atoms with E-state index in [1.807, 2.05) is 6.92 Å². The van der Waals surface area contributed by atoms with Crippen molar-refractivity contribution >= 4 is 28.3 Å². The molecule has 0 aliphatic rings. The topological polar surface area (TPSA) is 56.7 Å². The van der Waals surface area contributed by atoms with Crippen molar-refractivity contribution in [1.29, 1.82) is 0 Å². The van der Waals surface area contributed by atoms with Crippen molar-refractivity contribution in [2.45, 2.75) is 26.8 Å². The maximum Gasteiger partial charge on any atom is 0.201 e. The third-order valence-corrected chi connectivity index (χ3v) is 4.18. The molecule has 0 unspecified atom stereocenters. The summed E-state index contributed by atoms with van der Waals surface area (Å²) < 4.78 is 2.06. The number of nitrogen functional groups attached to an aromatic ring is 1. The van der Waals surface area contributed by atoms with Crippen molar-refractivity contribution < 1.29 is 0 Å². The van der Waals surface area contributed by atoms with Crippen molar-refractivity contribution in [2.75, 3.05) is 5.73 Å². The van der Waals surface area contributed by atoms with Crippen LogP contribution in [-0.4, -0.2) is 14.5 Å². The number of imidazole rings is 1. The zero-order chi connectivity index (χ0) is 13.4.